The van der Waals surface area contributed by atoms with Crippen LogP contribution in [0.2, 0.25) is 5.02 Å². The van der Waals surface area contributed by atoms with E-state index in [1.54, 1.807) is 0 Å². The van der Waals surface area contributed by atoms with Crippen LogP contribution in [0.1, 0.15) is 30.5 Å². The van der Waals surface area contributed by atoms with E-state index in [2.05, 4.69) is 10.6 Å². The lowest BCUT2D eigenvalue weighted by molar-refractivity contribution is -0.129. The van der Waals surface area contributed by atoms with Crippen molar-refractivity contribution in [3.05, 3.63) is 34.3 Å². The van der Waals surface area contributed by atoms with Crippen LogP contribution < -0.4 is 10.6 Å². The number of rotatable bonds is 2. The quantitative estimate of drug-likeness (QED) is 0.875. The maximum Gasteiger partial charge on any atom is 0.240 e. The zero-order chi connectivity index (χ0) is 14.1. The Morgan fingerprint density at radius 1 is 1.50 bits per heavy atom. The summed E-state index contributed by atoms with van der Waals surface area (Å²) in [6.45, 7) is 3.31. The molecule has 1 aliphatic carbocycles. The molecule has 0 spiro atoms. The van der Waals surface area contributed by atoms with Crippen molar-refractivity contribution in [2.75, 3.05) is 13.2 Å². The average Bonchev–Trinajstić information content (AvgIpc) is 2.81. The lowest BCUT2D eigenvalue weighted by Crippen LogP contribution is -2.55. The van der Waals surface area contributed by atoms with E-state index < -0.39 is 0 Å². The van der Waals surface area contributed by atoms with Gasteiger partial charge in [-0.25, -0.2) is 0 Å². The molecule has 0 bridgehead atoms. The van der Waals surface area contributed by atoms with Crippen LogP contribution in [0.5, 0.6) is 0 Å². The molecule has 0 aromatic heterocycles. The Morgan fingerprint density at radius 2 is 2.35 bits per heavy atom. The first-order valence-electron chi connectivity index (χ1n) is 7.09. The molecule has 4 nitrogen and oxygen atoms in total. The lowest BCUT2D eigenvalue weighted by atomic mass is 10.1. The number of hydrogen-bond acceptors (Lipinski definition) is 3. The number of halogens is 1. The molecule has 2 N–H and O–H groups in total. The molecule has 1 amide bonds. The fourth-order valence-corrected chi connectivity index (χ4v) is 3.22. The molecule has 2 aliphatic rings. The molecule has 20 heavy (non-hydrogen) atoms. The molecule has 5 heteroatoms. The molecule has 1 heterocycles. The first kappa shape index (κ1) is 13.9. The van der Waals surface area contributed by atoms with Crippen LogP contribution >= 0.6 is 11.6 Å². The van der Waals surface area contributed by atoms with Crippen LogP contribution in [0.3, 0.4) is 0 Å². The third kappa shape index (κ3) is 2.68. The number of carbonyl (C=O) groups excluding carboxylic acids is 1. The summed E-state index contributed by atoms with van der Waals surface area (Å²) in [6, 6.07) is 5.72. The molecule has 0 radical (unpaired) electrons. The van der Waals surface area contributed by atoms with Crippen LogP contribution in [-0.4, -0.2) is 31.2 Å². The van der Waals surface area contributed by atoms with E-state index in [-0.39, 0.29) is 24.1 Å². The first-order chi connectivity index (χ1) is 9.65. The highest BCUT2D eigenvalue weighted by Crippen LogP contribution is 2.32. The maximum atomic E-state index is 12.4. The maximum absolute atomic E-state index is 12.4. The highest BCUT2D eigenvalue weighted by molar-refractivity contribution is 6.30. The number of ether oxygens (including phenoxy) is 1. The Balaban J connectivity index is 1.69. The Labute approximate surface area is 123 Å². The number of carbonyl (C=O) groups is 1. The average molecular weight is 295 g/mol. The lowest BCUT2D eigenvalue weighted by Gasteiger charge is -2.30. The highest BCUT2D eigenvalue weighted by Gasteiger charge is 2.31. The summed E-state index contributed by atoms with van der Waals surface area (Å²) in [6.07, 6.45) is 1.81. The Kier molecular flexibility index (Phi) is 3.96. The van der Waals surface area contributed by atoms with Gasteiger partial charge in [0.1, 0.15) is 6.04 Å². The first-order valence-corrected chi connectivity index (χ1v) is 7.46. The van der Waals surface area contributed by atoms with Crippen LogP contribution in [0.25, 0.3) is 0 Å². The molecule has 108 valence electrons. The van der Waals surface area contributed by atoms with Gasteiger partial charge in [-0.3, -0.25) is 4.79 Å². The predicted molar refractivity (Wildman–Crippen MR) is 77.9 cm³/mol. The summed E-state index contributed by atoms with van der Waals surface area (Å²) >= 11 is 6.00. The van der Waals surface area contributed by atoms with E-state index in [4.69, 9.17) is 16.3 Å². The van der Waals surface area contributed by atoms with Gasteiger partial charge in [0.2, 0.25) is 5.91 Å². The molecular weight excluding hydrogens is 276 g/mol. The van der Waals surface area contributed by atoms with Gasteiger partial charge in [-0.1, -0.05) is 17.7 Å². The summed E-state index contributed by atoms with van der Waals surface area (Å²) in [7, 11) is 0. The monoisotopic (exact) mass is 294 g/mol. The topological polar surface area (TPSA) is 50.4 Å². The van der Waals surface area contributed by atoms with Crippen molar-refractivity contribution in [1.29, 1.82) is 0 Å². The van der Waals surface area contributed by atoms with Gasteiger partial charge in [0.05, 0.1) is 18.8 Å². The third-order valence-corrected chi connectivity index (χ3v) is 4.33. The number of nitrogens with one attached hydrogen (secondary N) is 2. The van der Waals surface area contributed by atoms with Crippen molar-refractivity contribution in [1.82, 2.24) is 10.6 Å². The van der Waals surface area contributed by atoms with E-state index in [9.17, 15) is 4.79 Å². The molecule has 1 aromatic carbocycles. The van der Waals surface area contributed by atoms with Crippen LogP contribution in [0, 0.1) is 0 Å². The van der Waals surface area contributed by atoms with Gasteiger partial charge in [0.15, 0.2) is 0 Å². The number of fused-ring (bicyclic) bond motifs is 1. The number of aryl methyl sites for hydroxylation is 1. The largest absolute Gasteiger partial charge is 0.375 e. The van der Waals surface area contributed by atoms with Gasteiger partial charge in [-0.2, -0.15) is 0 Å². The standard InChI is InChI=1S/C15H19ClN2O2/c1-9-14(17-6-7-20-9)15(19)18-13-5-2-10-8-11(16)3-4-12(10)13/h3-4,8-9,13-14,17H,2,5-7H2,1H3,(H,18,19)/t9-,13?,14+/m1/s1. The van der Waals surface area contributed by atoms with Crippen molar-refractivity contribution in [3.63, 3.8) is 0 Å². The van der Waals surface area contributed by atoms with Gasteiger partial charge >= 0.3 is 0 Å². The van der Waals surface area contributed by atoms with Crippen molar-refractivity contribution >= 4 is 17.5 Å². The Morgan fingerprint density at radius 3 is 3.15 bits per heavy atom. The summed E-state index contributed by atoms with van der Waals surface area (Å²) in [4.78, 5) is 12.4. The fourth-order valence-electron chi connectivity index (χ4n) is 3.02. The fraction of sp³-hybridized carbons (Fsp3) is 0.533. The number of benzene rings is 1. The van der Waals surface area contributed by atoms with Crippen molar-refractivity contribution in [2.24, 2.45) is 0 Å². The van der Waals surface area contributed by atoms with E-state index in [0.717, 1.165) is 24.4 Å². The van der Waals surface area contributed by atoms with E-state index in [0.29, 0.717) is 6.61 Å². The highest BCUT2D eigenvalue weighted by atomic mass is 35.5. The minimum atomic E-state index is -0.264. The molecule has 1 fully saturated rings. The van der Waals surface area contributed by atoms with E-state index >= 15 is 0 Å². The molecule has 1 unspecified atom stereocenters. The smallest absolute Gasteiger partial charge is 0.240 e. The molecule has 1 aromatic rings. The molecule has 1 aliphatic heterocycles. The minimum absolute atomic E-state index is 0.0185. The van der Waals surface area contributed by atoms with Crippen LogP contribution in [-0.2, 0) is 16.0 Å². The number of hydrogen-bond donors (Lipinski definition) is 2. The van der Waals surface area contributed by atoms with Crippen molar-refractivity contribution in [3.8, 4) is 0 Å². The van der Waals surface area contributed by atoms with Gasteiger partial charge in [0, 0.05) is 11.6 Å². The minimum Gasteiger partial charge on any atom is -0.375 e. The van der Waals surface area contributed by atoms with Gasteiger partial charge in [0.25, 0.3) is 0 Å². The molecule has 0 saturated carbocycles. The predicted octanol–water partition coefficient (Wildman–Crippen LogP) is 1.82. The van der Waals surface area contributed by atoms with Crippen molar-refractivity contribution in [2.45, 2.75) is 38.0 Å². The zero-order valence-electron chi connectivity index (χ0n) is 11.5. The Hall–Kier alpha value is -1.10. The van der Waals surface area contributed by atoms with Crippen LogP contribution in [0.4, 0.5) is 0 Å². The number of amides is 1. The molecule has 1 saturated heterocycles. The van der Waals surface area contributed by atoms with E-state index in [1.165, 1.54) is 11.1 Å². The molecular formula is C15H19ClN2O2. The van der Waals surface area contributed by atoms with Gasteiger partial charge in [-0.15, -0.1) is 0 Å². The second-order valence-corrected chi connectivity index (χ2v) is 5.89. The van der Waals surface area contributed by atoms with Gasteiger partial charge in [-0.05, 0) is 43.0 Å². The SMILES string of the molecule is C[C@H]1OCCN[C@@H]1C(=O)NC1CCc2cc(Cl)ccc21. The molecule has 3 rings (SSSR count). The van der Waals surface area contributed by atoms with Gasteiger partial charge < -0.3 is 15.4 Å². The summed E-state index contributed by atoms with van der Waals surface area (Å²) in [5.41, 5.74) is 2.43. The zero-order valence-corrected chi connectivity index (χ0v) is 12.2. The normalized spacial score (nSPS) is 29.0. The second-order valence-electron chi connectivity index (χ2n) is 5.45. The molecule has 3 atom stereocenters. The van der Waals surface area contributed by atoms with Crippen LogP contribution in [0.15, 0.2) is 18.2 Å². The van der Waals surface area contributed by atoms with Crippen molar-refractivity contribution < 1.29 is 9.53 Å². The third-order valence-electron chi connectivity index (χ3n) is 4.10. The number of morpholine rings is 1. The Bertz CT molecular complexity index is 521. The summed E-state index contributed by atoms with van der Waals surface area (Å²) in [5, 5.41) is 7.10. The summed E-state index contributed by atoms with van der Waals surface area (Å²) < 4.78 is 5.52. The summed E-state index contributed by atoms with van der Waals surface area (Å²) in [5.74, 6) is 0.0185. The van der Waals surface area contributed by atoms with E-state index in [1.807, 2.05) is 25.1 Å². The second kappa shape index (κ2) is 5.72.